The lowest BCUT2D eigenvalue weighted by atomic mass is 10.1. The zero-order valence-corrected chi connectivity index (χ0v) is 14.9. The van der Waals surface area contributed by atoms with Gasteiger partial charge < -0.3 is 10.6 Å². The number of hydrogen-bond acceptors (Lipinski definition) is 4. The zero-order valence-electron chi connectivity index (χ0n) is 14.0. The molecule has 0 aliphatic rings. The Labute approximate surface area is 152 Å². The molecule has 0 atom stereocenters. The van der Waals surface area contributed by atoms with E-state index in [4.69, 9.17) is 0 Å². The van der Waals surface area contributed by atoms with Crippen LogP contribution in [0.15, 0.2) is 48.8 Å². The van der Waals surface area contributed by atoms with E-state index in [1.165, 1.54) is 0 Å². The van der Waals surface area contributed by atoms with Crippen molar-refractivity contribution in [1.29, 1.82) is 0 Å². The monoisotopic (exact) mass is 357 g/mol. The minimum Gasteiger partial charge on any atom is -0.340 e. The lowest BCUT2D eigenvalue weighted by Gasteiger charge is -2.11. The highest BCUT2D eigenvalue weighted by atomic mass is 35.5. The Morgan fingerprint density at radius 3 is 2.60 bits per heavy atom. The number of halogens is 1. The molecule has 1 aromatic carbocycles. The van der Waals surface area contributed by atoms with Crippen LogP contribution in [-0.2, 0) is 0 Å². The molecule has 0 aliphatic heterocycles. The van der Waals surface area contributed by atoms with Crippen LogP contribution in [0.25, 0.3) is 10.8 Å². The van der Waals surface area contributed by atoms with Crippen LogP contribution in [0.4, 0.5) is 22.1 Å². The molecule has 2 aromatic heterocycles. The third kappa shape index (κ3) is 4.58. The Morgan fingerprint density at radius 1 is 1.08 bits per heavy atom. The third-order valence-corrected chi connectivity index (χ3v) is 3.52. The highest BCUT2D eigenvalue weighted by molar-refractivity contribution is 5.97. The number of nitrogens with one attached hydrogen (secondary N) is 3. The molecule has 0 saturated heterocycles. The van der Waals surface area contributed by atoms with Crippen LogP contribution < -0.4 is 16.0 Å². The van der Waals surface area contributed by atoms with Crippen molar-refractivity contribution in [3.8, 4) is 0 Å². The molecule has 25 heavy (non-hydrogen) atoms. The Kier molecular flexibility index (Phi) is 6.14. The fourth-order valence-corrected chi connectivity index (χ4v) is 2.35. The molecule has 130 valence electrons. The molecule has 0 fully saturated rings. The number of urea groups is 1. The quantitative estimate of drug-likeness (QED) is 0.652. The number of amides is 2. The molecule has 2 amide bonds. The first-order valence-corrected chi connectivity index (χ1v) is 7.79. The Morgan fingerprint density at radius 2 is 1.88 bits per heavy atom. The molecule has 3 N–H and O–H groups in total. The summed E-state index contributed by atoms with van der Waals surface area (Å²) in [5, 5.41) is 10.6. The summed E-state index contributed by atoms with van der Waals surface area (Å²) >= 11 is 0. The summed E-state index contributed by atoms with van der Waals surface area (Å²) in [7, 11) is 0. The number of aromatic nitrogens is 2. The van der Waals surface area contributed by atoms with Crippen molar-refractivity contribution in [2.75, 3.05) is 17.2 Å². The zero-order chi connectivity index (χ0) is 16.9. The number of carbonyl (C=O) groups is 1. The number of nitrogens with zero attached hydrogens (tertiary/aromatic N) is 2. The smallest absolute Gasteiger partial charge is 0.320 e. The van der Waals surface area contributed by atoms with Crippen LogP contribution in [-0.4, -0.2) is 22.5 Å². The number of carbonyl (C=O) groups excluding carboxylic acids is 1. The molecular formula is C18H20ClN5O. The van der Waals surface area contributed by atoms with Gasteiger partial charge in [0.15, 0.2) is 0 Å². The van der Waals surface area contributed by atoms with E-state index in [9.17, 15) is 4.79 Å². The maximum Gasteiger partial charge on any atom is 0.320 e. The Hall–Kier alpha value is -2.86. The maximum atomic E-state index is 11.6. The standard InChI is InChI=1S/C18H19N5O.ClH/c1-3-19-18(24)23-17-9-13-5-4-6-15(14(13)11-21-17)22-16-8-7-12(2)10-20-16;/h4-11H,3H2,1-2H3,(H,20,22)(H2,19,21,23,24);1H. The van der Waals surface area contributed by atoms with Gasteiger partial charge in [0, 0.05) is 30.0 Å². The van der Waals surface area contributed by atoms with Gasteiger partial charge in [0.2, 0.25) is 0 Å². The topological polar surface area (TPSA) is 78.9 Å². The number of pyridine rings is 2. The van der Waals surface area contributed by atoms with Crippen molar-refractivity contribution in [3.63, 3.8) is 0 Å². The molecule has 2 heterocycles. The molecule has 0 bridgehead atoms. The van der Waals surface area contributed by atoms with Crippen LogP contribution in [0.2, 0.25) is 0 Å². The van der Waals surface area contributed by atoms with Crippen LogP contribution in [0.3, 0.4) is 0 Å². The van der Waals surface area contributed by atoms with Crippen molar-refractivity contribution in [2.45, 2.75) is 13.8 Å². The summed E-state index contributed by atoms with van der Waals surface area (Å²) in [4.78, 5) is 20.3. The molecule has 0 radical (unpaired) electrons. The first-order chi connectivity index (χ1) is 11.7. The molecular weight excluding hydrogens is 338 g/mol. The molecule has 3 rings (SSSR count). The Balaban J connectivity index is 0.00000225. The predicted octanol–water partition coefficient (Wildman–Crippen LogP) is 4.25. The molecule has 0 spiro atoms. The third-order valence-electron chi connectivity index (χ3n) is 3.52. The summed E-state index contributed by atoms with van der Waals surface area (Å²) < 4.78 is 0. The average molecular weight is 358 g/mol. The van der Waals surface area contributed by atoms with Crippen molar-refractivity contribution < 1.29 is 4.79 Å². The fourth-order valence-electron chi connectivity index (χ4n) is 2.35. The molecule has 7 heteroatoms. The van der Waals surface area contributed by atoms with Gasteiger partial charge in [-0.1, -0.05) is 18.2 Å². The number of aryl methyl sites for hydroxylation is 1. The highest BCUT2D eigenvalue weighted by Crippen LogP contribution is 2.26. The SMILES string of the molecule is CCNC(=O)Nc1cc2cccc(Nc3ccc(C)cn3)c2cn1.Cl. The van der Waals surface area contributed by atoms with Crippen LogP contribution in [0.5, 0.6) is 0 Å². The number of rotatable bonds is 4. The largest absolute Gasteiger partial charge is 0.340 e. The Bertz CT molecular complexity index is 867. The molecule has 0 unspecified atom stereocenters. The van der Waals surface area contributed by atoms with Gasteiger partial charge >= 0.3 is 6.03 Å². The second-order valence-corrected chi connectivity index (χ2v) is 5.43. The number of fused-ring (bicyclic) bond motifs is 1. The van der Waals surface area contributed by atoms with E-state index in [1.54, 1.807) is 6.20 Å². The predicted molar refractivity (Wildman–Crippen MR) is 104 cm³/mol. The van der Waals surface area contributed by atoms with E-state index in [0.717, 1.165) is 27.8 Å². The van der Waals surface area contributed by atoms with Gasteiger partial charge in [0.25, 0.3) is 0 Å². The van der Waals surface area contributed by atoms with E-state index < -0.39 is 0 Å². The second-order valence-electron chi connectivity index (χ2n) is 5.43. The van der Waals surface area contributed by atoms with Crippen LogP contribution >= 0.6 is 12.4 Å². The van der Waals surface area contributed by atoms with Crippen LogP contribution in [0.1, 0.15) is 12.5 Å². The van der Waals surface area contributed by atoms with Crippen molar-refractivity contribution in [3.05, 3.63) is 54.4 Å². The number of benzene rings is 1. The van der Waals surface area contributed by atoms with E-state index >= 15 is 0 Å². The summed E-state index contributed by atoms with van der Waals surface area (Å²) in [5.41, 5.74) is 2.03. The minimum atomic E-state index is -0.262. The van der Waals surface area contributed by atoms with E-state index in [-0.39, 0.29) is 18.4 Å². The van der Waals surface area contributed by atoms with Gasteiger partial charge in [-0.2, -0.15) is 0 Å². The van der Waals surface area contributed by atoms with E-state index in [1.807, 2.05) is 56.4 Å². The first kappa shape index (κ1) is 18.5. The second kappa shape index (κ2) is 8.30. The van der Waals surface area contributed by atoms with Gasteiger partial charge in [0.05, 0.1) is 0 Å². The highest BCUT2D eigenvalue weighted by Gasteiger charge is 2.06. The molecule has 3 aromatic rings. The van der Waals surface area contributed by atoms with Crippen molar-refractivity contribution in [2.24, 2.45) is 0 Å². The summed E-state index contributed by atoms with van der Waals surface area (Å²) in [6.45, 7) is 4.43. The van der Waals surface area contributed by atoms with Crippen molar-refractivity contribution >= 4 is 46.5 Å². The molecule has 6 nitrogen and oxygen atoms in total. The molecule has 0 saturated carbocycles. The summed E-state index contributed by atoms with van der Waals surface area (Å²) in [6, 6.07) is 11.4. The minimum absolute atomic E-state index is 0. The lowest BCUT2D eigenvalue weighted by molar-refractivity contribution is 0.252. The summed E-state index contributed by atoms with van der Waals surface area (Å²) in [6.07, 6.45) is 3.56. The van der Waals surface area contributed by atoms with Crippen LogP contribution in [0, 0.1) is 6.92 Å². The number of anilines is 3. The van der Waals surface area contributed by atoms with Gasteiger partial charge in [-0.3, -0.25) is 5.32 Å². The average Bonchev–Trinajstić information content (AvgIpc) is 2.57. The van der Waals surface area contributed by atoms with Crippen molar-refractivity contribution in [1.82, 2.24) is 15.3 Å². The molecule has 0 aliphatic carbocycles. The number of hydrogen-bond donors (Lipinski definition) is 3. The van der Waals surface area contributed by atoms with E-state index in [0.29, 0.717) is 12.4 Å². The summed E-state index contributed by atoms with van der Waals surface area (Å²) in [5.74, 6) is 1.29. The van der Waals surface area contributed by atoms with Gasteiger partial charge in [0.1, 0.15) is 11.6 Å². The van der Waals surface area contributed by atoms with E-state index in [2.05, 4.69) is 25.9 Å². The maximum absolute atomic E-state index is 11.6. The van der Waals surface area contributed by atoms with Gasteiger partial charge in [-0.15, -0.1) is 12.4 Å². The fraction of sp³-hybridized carbons (Fsp3) is 0.167. The lowest BCUT2D eigenvalue weighted by Crippen LogP contribution is -2.28. The first-order valence-electron chi connectivity index (χ1n) is 7.79. The van der Waals surface area contributed by atoms with Gasteiger partial charge in [-0.05, 0) is 43.0 Å². The van der Waals surface area contributed by atoms with Gasteiger partial charge in [-0.25, -0.2) is 14.8 Å². The normalized spacial score (nSPS) is 10.0.